The fourth-order valence-corrected chi connectivity index (χ4v) is 6.38. The second-order valence-corrected chi connectivity index (χ2v) is 11.8. The van der Waals surface area contributed by atoms with Crippen molar-refractivity contribution in [1.82, 2.24) is 0 Å². The molecule has 1 aliphatic heterocycles. The van der Waals surface area contributed by atoms with E-state index in [9.17, 15) is 18.0 Å². The van der Waals surface area contributed by atoms with Crippen LogP contribution < -0.4 is 9.80 Å². The number of amides is 2. The molecule has 2 amide bonds. The minimum absolute atomic E-state index is 0.0491. The van der Waals surface area contributed by atoms with Crippen molar-refractivity contribution in [2.75, 3.05) is 22.1 Å². The normalized spacial score (nSPS) is 18.8. The molecule has 0 radical (unpaired) electrons. The summed E-state index contributed by atoms with van der Waals surface area (Å²) < 4.78 is 25.1. The maximum atomic E-state index is 13.2. The van der Waals surface area contributed by atoms with Gasteiger partial charge in [-0.15, -0.1) is 0 Å². The van der Waals surface area contributed by atoms with Gasteiger partial charge in [-0.1, -0.05) is 38.5 Å². The maximum Gasteiger partial charge on any atom is 0.230 e. The van der Waals surface area contributed by atoms with E-state index < -0.39 is 9.84 Å². The first-order valence-electron chi connectivity index (χ1n) is 11.7. The summed E-state index contributed by atoms with van der Waals surface area (Å²) in [6, 6.07) is 12.6. The molecule has 1 fully saturated rings. The zero-order valence-corrected chi connectivity index (χ0v) is 20.6. The number of hydrogen-bond acceptors (Lipinski definition) is 4. The number of rotatable bonds is 5. The van der Waals surface area contributed by atoms with Crippen LogP contribution >= 0.6 is 0 Å². The van der Waals surface area contributed by atoms with Gasteiger partial charge in [0.2, 0.25) is 11.8 Å². The number of nitrogens with zero attached hydrogens (tertiary/aromatic N) is 2. The number of sulfone groups is 1. The molecule has 1 atom stereocenters. The number of benzene rings is 2. The van der Waals surface area contributed by atoms with Gasteiger partial charge in [-0.25, -0.2) is 8.42 Å². The molecule has 0 bridgehead atoms. The summed E-state index contributed by atoms with van der Waals surface area (Å²) in [7, 11) is -3.32. The van der Waals surface area contributed by atoms with Gasteiger partial charge in [0.1, 0.15) is 0 Å². The standard InChI is InChI=1S/C26H32N2O4S/c1-17(2)16-33(31,32)23-11-8-20(9-12-23)22-10-13-24-25(14-22)27(26(30)21-6-5-7-21)15-18(3)28(24)19(4)29/h8-14,17-18,21H,5-7,15-16H2,1-4H3/t18-/m0/s1. The highest BCUT2D eigenvalue weighted by atomic mass is 32.2. The van der Waals surface area contributed by atoms with Crippen LogP contribution in [0.3, 0.4) is 0 Å². The molecule has 0 spiro atoms. The van der Waals surface area contributed by atoms with E-state index in [2.05, 4.69) is 0 Å². The molecule has 2 aromatic carbocycles. The van der Waals surface area contributed by atoms with Crippen LogP contribution in [0.2, 0.25) is 0 Å². The van der Waals surface area contributed by atoms with Crippen LogP contribution in [0, 0.1) is 11.8 Å². The fraction of sp³-hybridized carbons (Fsp3) is 0.462. The summed E-state index contributed by atoms with van der Waals surface area (Å²) in [6.07, 6.45) is 2.92. The summed E-state index contributed by atoms with van der Waals surface area (Å²) in [4.78, 5) is 29.5. The van der Waals surface area contributed by atoms with E-state index in [-0.39, 0.29) is 35.4 Å². The van der Waals surface area contributed by atoms with Crippen LogP contribution in [0.15, 0.2) is 47.4 Å². The first-order chi connectivity index (χ1) is 15.6. The van der Waals surface area contributed by atoms with Crippen molar-refractivity contribution in [2.45, 2.75) is 57.9 Å². The summed E-state index contributed by atoms with van der Waals surface area (Å²) in [5.74, 6) is 0.309. The molecule has 2 aliphatic rings. The lowest BCUT2D eigenvalue weighted by Crippen LogP contribution is -2.53. The second-order valence-electron chi connectivity index (χ2n) is 9.72. The SMILES string of the molecule is CC(=O)N1c2ccc(-c3ccc(S(=O)(=O)CC(C)C)cc3)cc2N(C(=O)C2CCC2)C[C@@H]1C. The van der Waals surface area contributed by atoms with Crippen LogP contribution in [0.25, 0.3) is 11.1 Å². The smallest absolute Gasteiger partial charge is 0.230 e. The Hall–Kier alpha value is -2.67. The monoisotopic (exact) mass is 468 g/mol. The van der Waals surface area contributed by atoms with Crippen molar-refractivity contribution in [3.8, 4) is 11.1 Å². The van der Waals surface area contributed by atoms with Gasteiger partial charge in [-0.2, -0.15) is 0 Å². The van der Waals surface area contributed by atoms with Gasteiger partial charge in [0.25, 0.3) is 0 Å². The zero-order valence-electron chi connectivity index (χ0n) is 19.7. The summed E-state index contributed by atoms with van der Waals surface area (Å²) in [5.41, 5.74) is 3.24. The van der Waals surface area contributed by atoms with E-state index in [1.54, 1.807) is 36.1 Å². The first kappa shape index (κ1) is 23.5. The number of fused-ring (bicyclic) bond motifs is 1. The van der Waals surface area contributed by atoms with Crippen molar-refractivity contribution in [3.63, 3.8) is 0 Å². The molecule has 0 unspecified atom stereocenters. The van der Waals surface area contributed by atoms with E-state index in [0.717, 1.165) is 41.8 Å². The van der Waals surface area contributed by atoms with E-state index >= 15 is 0 Å². The average Bonchev–Trinajstić information content (AvgIpc) is 2.70. The van der Waals surface area contributed by atoms with Crippen LogP contribution in [0.5, 0.6) is 0 Å². The Morgan fingerprint density at radius 3 is 2.18 bits per heavy atom. The van der Waals surface area contributed by atoms with Crippen molar-refractivity contribution < 1.29 is 18.0 Å². The third kappa shape index (κ3) is 4.56. The van der Waals surface area contributed by atoms with Crippen LogP contribution in [0.4, 0.5) is 11.4 Å². The summed E-state index contributed by atoms with van der Waals surface area (Å²) in [5, 5.41) is 0. The van der Waals surface area contributed by atoms with Crippen LogP contribution in [0.1, 0.15) is 47.0 Å². The molecular formula is C26H32N2O4S. The number of hydrogen-bond donors (Lipinski definition) is 0. The zero-order chi connectivity index (χ0) is 23.9. The highest BCUT2D eigenvalue weighted by Gasteiger charge is 2.37. The van der Waals surface area contributed by atoms with Gasteiger partial charge in [0.15, 0.2) is 9.84 Å². The largest absolute Gasteiger partial charge is 0.308 e. The summed E-state index contributed by atoms with van der Waals surface area (Å²) >= 11 is 0. The van der Waals surface area contributed by atoms with E-state index in [1.807, 2.05) is 43.9 Å². The van der Waals surface area contributed by atoms with Gasteiger partial charge in [-0.05, 0) is 61.1 Å². The lowest BCUT2D eigenvalue weighted by atomic mass is 9.84. The average molecular weight is 469 g/mol. The molecule has 1 aliphatic carbocycles. The topological polar surface area (TPSA) is 74.8 Å². The third-order valence-corrected chi connectivity index (χ3v) is 8.67. The van der Waals surface area contributed by atoms with Crippen molar-refractivity contribution in [2.24, 2.45) is 11.8 Å². The van der Waals surface area contributed by atoms with Crippen molar-refractivity contribution in [1.29, 1.82) is 0 Å². The quantitative estimate of drug-likeness (QED) is 0.639. The Morgan fingerprint density at radius 2 is 1.64 bits per heavy atom. The molecule has 7 heteroatoms. The maximum absolute atomic E-state index is 13.2. The van der Waals surface area contributed by atoms with E-state index in [1.165, 1.54) is 0 Å². The minimum atomic E-state index is -3.32. The Bertz CT molecular complexity index is 1170. The predicted molar refractivity (Wildman–Crippen MR) is 131 cm³/mol. The molecule has 0 N–H and O–H groups in total. The number of anilines is 2. The predicted octanol–water partition coefficient (Wildman–Crippen LogP) is 4.67. The van der Waals surface area contributed by atoms with Crippen molar-refractivity contribution in [3.05, 3.63) is 42.5 Å². The lowest BCUT2D eigenvalue weighted by molar-refractivity contribution is -0.125. The Labute approximate surface area is 196 Å². The van der Waals surface area contributed by atoms with Gasteiger partial charge in [0.05, 0.1) is 28.1 Å². The Kier molecular flexibility index (Phi) is 6.36. The van der Waals surface area contributed by atoms with E-state index in [4.69, 9.17) is 0 Å². The minimum Gasteiger partial charge on any atom is -0.308 e. The molecule has 1 saturated carbocycles. The van der Waals surface area contributed by atoms with Crippen molar-refractivity contribution >= 4 is 33.0 Å². The Balaban J connectivity index is 1.72. The number of carbonyl (C=O) groups is 2. The molecule has 0 saturated heterocycles. The van der Waals surface area contributed by atoms with Gasteiger partial charge >= 0.3 is 0 Å². The molecule has 1 heterocycles. The molecule has 4 rings (SSSR count). The number of carbonyl (C=O) groups excluding carboxylic acids is 2. The van der Waals surface area contributed by atoms with E-state index in [0.29, 0.717) is 11.4 Å². The highest BCUT2D eigenvalue weighted by Crippen LogP contribution is 2.41. The first-order valence-corrected chi connectivity index (χ1v) is 13.3. The van der Waals surface area contributed by atoms with Crippen LogP contribution in [-0.4, -0.2) is 38.6 Å². The third-order valence-electron chi connectivity index (χ3n) is 6.57. The Morgan fingerprint density at radius 1 is 1.00 bits per heavy atom. The molecule has 6 nitrogen and oxygen atoms in total. The van der Waals surface area contributed by atoms with Gasteiger partial charge in [-0.3, -0.25) is 9.59 Å². The summed E-state index contributed by atoms with van der Waals surface area (Å²) in [6.45, 7) is 7.77. The second kappa shape index (κ2) is 8.93. The molecule has 2 aromatic rings. The lowest BCUT2D eigenvalue weighted by Gasteiger charge is -2.43. The molecular weight excluding hydrogens is 436 g/mol. The molecule has 0 aromatic heterocycles. The molecule has 176 valence electrons. The highest BCUT2D eigenvalue weighted by molar-refractivity contribution is 7.91. The van der Waals surface area contributed by atoms with Crippen LogP contribution in [-0.2, 0) is 19.4 Å². The molecule has 33 heavy (non-hydrogen) atoms. The van der Waals surface area contributed by atoms with Gasteiger partial charge in [0, 0.05) is 19.4 Å². The van der Waals surface area contributed by atoms with Gasteiger partial charge < -0.3 is 9.80 Å². The fourth-order valence-electron chi connectivity index (χ4n) is 4.76.